The van der Waals surface area contributed by atoms with Crippen LogP contribution in [0.4, 0.5) is 4.79 Å². The van der Waals surface area contributed by atoms with Gasteiger partial charge in [-0.1, -0.05) is 36.4 Å². The average Bonchev–Trinajstić information content (AvgIpc) is 2.81. The molecule has 0 saturated carbocycles. The molecule has 2 aromatic rings. The van der Waals surface area contributed by atoms with Crippen molar-refractivity contribution in [1.82, 2.24) is 14.8 Å². The number of benzene rings is 1. The number of hydrogen-bond acceptors (Lipinski definition) is 5. The third-order valence-electron chi connectivity index (χ3n) is 5.77. The van der Waals surface area contributed by atoms with Gasteiger partial charge in [0.2, 0.25) is 5.91 Å². The molecule has 0 N–H and O–H groups in total. The number of rotatable bonds is 7. The summed E-state index contributed by atoms with van der Waals surface area (Å²) in [6, 6.07) is 13.7. The molecule has 0 radical (unpaired) electrons. The zero-order valence-electron chi connectivity index (χ0n) is 18.5. The molecule has 1 atom stereocenters. The summed E-state index contributed by atoms with van der Waals surface area (Å²) in [5.74, 6) is -0.0606. The molecule has 0 aliphatic carbocycles. The number of hydrogen-bond donors (Lipinski definition) is 0. The van der Waals surface area contributed by atoms with Crippen molar-refractivity contribution in [3.63, 3.8) is 0 Å². The van der Waals surface area contributed by atoms with E-state index in [2.05, 4.69) is 4.98 Å². The summed E-state index contributed by atoms with van der Waals surface area (Å²) < 4.78 is 10.1. The van der Waals surface area contributed by atoms with E-state index in [1.165, 1.54) is 0 Å². The second-order valence-corrected chi connectivity index (χ2v) is 7.84. The van der Waals surface area contributed by atoms with Gasteiger partial charge >= 0.3 is 6.09 Å². The molecule has 1 aliphatic heterocycles. The lowest BCUT2D eigenvalue weighted by molar-refractivity contribution is -0.137. The molecule has 0 bridgehead atoms. The van der Waals surface area contributed by atoms with Crippen molar-refractivity contribution in [2.75, 3.05) is 40.5 Å². The largest absolute Gasteiger partial charge is 0.447 e. The van der Waals surface area contributed by atoms with Crippen molar-refractivity contribution in [1.29, 1.82) is 0 Å². The summed E-state index contributed by atoms with van der Waals surface area (Å²) in [7, 11) is 3.41. The van der Waals surface area contributed by atoms with Gasteiger partial charge in [-0.3, -0.25) is 9.78 Å². The predicted molar refractivity (Wildman–Crippen MR) is 118 cm³/mol. The molecule has 1 fully saturated rings. The maximum absolute atomic E-state index is 13.4. The molecular formula is C24H31N3O4. The van der Waals surface area contributed by atoms with Crippen LogP contribution in [0.1, 0.15) is 35.7 Å². The SMILES string of the molecule is COCCOC(=O)N1CCC(C(=O)N(C)C(c2ccccc2)c2ncccc2C)CC1. The summed E-state index contributed by atoms with van der Waals surface area (Å²) >= 11 is 0. The molecule has 2 amide bonds. The molecule has 1 aromatic heterocycles. The van der Waals surface area contributed by atoms with E-state index in [0.717, 1.165) is 16.8 Å². The van der Waals surface area contributed by atoms with Crippen molar-refractivity contribution < 1.29 is 19.1 Å². The Labute approximate surface area is 184 Å². The second-order valence-electron chi connectivity index (χ2n) is 7.84. The first-order valence-corrected chi connectivity index (χ1v) is 10.7. The van der Waals surface area contributed by atoms with Crippen molar-refractivity contribution in [2.24, 2.45) is 5.92 Å². The number of aryl methyl sites for hydroxylation is 1. The number of nitrogens with zero attached hydrogens (tertiary/aromatic N) is 3. The Morgan fingerprint density at radius 2 is 1.84 bits per heavy atom. The number of piperidine rings is 1. The van der Waals surface area contributed by atoms with Gasteiger partial charge in [0, 0.05) is 39.4 Å². The Hall–Kier alpha value is -2.93. The third kappa shape index (κ3) is 5.61. The number of pyridine rings is 1. The highest BCUT2D eigenvalue weighted by Crippen LogP contribution is 2.31. The normalized spacial score (nSPS) is 15.4. The number of carbonyl (C=O) groups excluding carboxylic acids is 2. The molecule has 1 aliphatic rings. The fourth-order valence-electron chi connectivity index (χ4n) is 4.01. The van der Waals surface area contributed by atoms with Crippen molar-refractivity contribution in [3.8, 4) is 0 Å². The molecule has 2 heterocycles. The van der Waals surface area contributed by atoms with Crippen molar-refractivity contribution in [3.05, 3.63) is 65.5 Å². The second kappa shape index (κ2) is 10.9. The van der Waals surface area contributed by atoms with Gasteiger partial charge in [0.15, 0.2) is 0 Å². The molecule has 31 heavy (non-hydrogen) atoms. The maximum Gasteiger partial charge on any atom is 0.409 e. The molecule has 1 aromatic carbocycles. The average molecular weight is 426 g/mol. The van der Waals surface area contributed by atoms with E-state index in [0.29, 0.717) is 32.5 Å². The van der Waals surface area contributed by atoms with Crippen LogP contribution >= 0.6 is 0 Å². The highest BCUT2D eigenvalue weighted by molar-refractivity contribution is 5.80. The summed E-state index contributed by atoms with van der Waals surface area (Å²) in [4.78, 5) is 33.6. The van der Waals surface area contributed by atoms with Gasteiger partial charge < -0.3 is 19.3 Å². The zero-order chi connectivity index (χ0) is 22.2. The van der Waals surface area contributed by atoms with E-state index < -0.39 is 0 Å². The van der Waals surface area contributed by atoms with E-state index in [-0.39, 0.29) is 30.6 Å². The van der Waals surface area contributed by atoms with Crippen LogP contribution < -0.4 is 0 Å². The minimum atomic E-state index is -0.345. The van der Waals surface area contributed by atoms with E-state index in [1.54, 1.807) is 18.2 Å². The summed E-state index contributed by atoms with van der Waals surface area (Å²) in [6.45, 7) is 3.64. The fourth-order valence-corrected chi connectivity index (χ4v) is 4.01. The van der Waals surface area contributed by atoms with Crippen LogP contribution in [0.2, 0.25) is 0 Å². The van der Waals surface area contributed by atoms with E-state index in [9.17, 15) is 9.59 Å². The van der Waals surface area contributed by atoms with Gasteiger partial charge in [-0.2, -0.15) is 0 Å². The Balaban J connectivity index is 1.70. The number of carbonyl (C=O) groups is 2. The van der Waals surface area contributed by atoms with Gasteiger partial charge in [0.05, 0.1) is 18.3 Å². The monoisotopic (exact) mass is 425 g/mol. The third-order valence-corrected chi connectivity index (χ3v) is 5.77. The van der Waals surface area contributed by atoms with Crippen LogP contribution in [0.3, 0.4) is 0 Å². The first kappa shape index (κ1) is 22.7. The van der Waals surface area contributed by atoms with Crippen molar-refractivity contribution >= 4 is 12.0 Å². The van der Waals surface area contributed by atoms with Crippen LogP contribution in [-0.4, -0.2) is 67.2 Å². The molecular weight excluding hydrogens is 394 g/mol. The summed E-state index contributed by atoms with van der Waals surface area (Å²) in [5.41, 5.74) is 2.95. The van der Waals surface area contributed by atoms with Crippen LogP contribution in [0.15, 0.2) is 48.7 Å². The van der Waals surface area contributed by atoms with E-state index >= 15 is 0 Å². The van der Waals surface area contributed by atoms with Gasteiger partial charge in [-0.05, 0) is 37.0 Å². The lowest BCUT2D eigenvalue weighted by atomic mass is 9.92. The topological polar surface area (TPSA) is 72.0 Å². The van der Waals surface area contributed by atoms with Crippen LogP contribution in [0.5, 0.6) is 0 Å². The Morgan fingerprint density at radius 3 is 2.48 bits per heavy atom. The van der Waals surface area contributed by atoms with Crippen LogP contribution in [0, 0.1) is 12.8 Å². The van der Waals surface area contributed by atoms with E-state index in [1.807, 2.05) is 61.3 Å². The molecule has 0 spiro atoms. The molecule has 1 unspecified atom stereocenters. The highest BCUT2D eigenvalue weighted by Gasteiger charge is 2.33. The van der Waals surface area contributed by atoms with Crippen molar-refractivity contribution in [2.45, 2.75) is 25.8 Å². The highest BCUT2D eigenvalue weighted by atomic mass is 16.6. The van der Waals surface area contributed by atoms with E-state index in [4.69, 9.17) is 9.47 Å². The lowest BCUT2D eigenvalue weighted by Crippen LogP contribution is -2.44. The van der Waals surface area contributed by atoms with Gasteiger partial charge in [0.25, 0.3) is 0 Å². The number of ether oxygens (including phenoxy) is 2. The molecule has 166 valence electrons. The molecule has 1 saturated heterocycles. The lowest BCUT2D eigenvalue weighted by Gasteiger charge is -2.35. The number of amides is 2. The smallest absolute Gasteiger partial charge is 0.409 e. The zero-order valence-corrected chi connectivity index (χ0v) is 18.5. The Morgan fingerprint density at radius 1 is 1.13 bits per heavy atom. The Bertz CT molecular complexity index is 866. The number of likely N-dealkylation sites (tertiary alicyclic amines) is 1. The van der Waals surface area contributed by atoms with Crippen LogP contribution in [0.25, 0.3) is 0 Å². The number of aromatic nitrogens is 1. The van der Waals surface area contributed by atoms with Gasteiger partial charge in [-0.15, -0.1) is 0 Å². The van der Waals surface area contributed by atoms with Gasteiger partial charge in [-0.25, -0.2) is 4.79 Å². The molecule has 3 rings (SSSR count). The minimum Gasteiger partial charge on any atom is -0.447 e. The first-order chi connectivity index (χ1) is 15.0. The summed E-state index contributed by atoms with van der Waals surface area (Å²) in [5, 5.41) is 0. The molecule has 7 nitrogen and oxygen atoms in total. The Kier molecular flexibility index (Phi) is 8.00. The first-order valence-electron chi connectivity index (χ1n) is 10.7. The fraction of sp³-hybridized carbons (Fsp3) is 0.458. The predicted octanol–water partition coefficient (Wildman–Crippen LogP) is 3.43. The quantitative estimate of drug-likeness (QED) is 0.636. The maximum atomic E-state index is 13.4. The van der Waals surface area contributed by atoms with Gasteiger partial charge in [0.1, 0.15) is 6.61 Å². The van der Waals surface area contributed by atoms with Crippen LogP contribution in [-0.2, 0) is 14.3 Å². The summed E-state index contributed by atoms with van der Waals surface area (Å²) in [6.07, 6.45) is 2.66. The molecule has 7 heteroatoms. The number of methoxy groups -OCH3 is 1. The standard InChI is InChI=1S/C24H31N3O4/c1-18-8-7-13-25-21(18)22(19-9-5-4-6-10-19)26(2)23(28)20-11-14-27(15-12-20)24(29)31-17-16-30-3/h4-10,13,20,22H,11-12,14-17H2,1-3H3. The minimum absolute atomic E-state index is 0.0753.